The predicted molar refractivity (Wildman–Crippen MR) is 118 cm³/mol. The third-order valence-electron chi connectivity index (χ3n) is 6.00. The molecule has 2 N–H and O–H groups in total. The highest BCUT2D eigenvalue weighted by molar-refractivity contribution is 7.97. The van der Waals surface area contributed by atoms with Gasteiger partial charge in [0.1, 0.15) is 11.9 Å². The topological polar surface area (TPSA) is 113 Å². The molecule has 3 atom stereocenters. The Morgan fingerprint density at radius 3 is 3.06 bits per heavy atom. The van der Waals surface area contributed by atoms with Crippen molar-refractivity contribution in [3.05, 3.63) is 41.3 Å². The molecule has 0 radical (unpaired) electrons. The SMILES string of the molecule is CSCc1nnc(C23CC(C[C@@H](C)C2)N3C(=O)Nc2ccc(Cl)c(-c3ncn[nH]3)c2)o1. The number of piperidine rings is 1. The molecular weight excluding hydrogens is 438 g/mol. The smallest absolute Gasteiger partial charge is 0.323 e. The minimum absolute atomic E-state index is 0.153. The Morgan fingerprint density at radius 1 is 1.42 bits per heavy atom. The molecule has 2 amide bonds. The number of amides is 2. The molecule has 1 saturated carbocycles. The first kappa shape index (κ1) is 20.3. The van der Waals surface area contributed by atoms with Gasteiger partial charge in [-0.25, -0.2) is 9.78 Å². The fraction of sp³-hybridized carbons (Fsp3) is 0.450. The number of likely N-dealkylation sites (tertiary alicyclic amines) is 1. The molecule has 3 heterocycles. The zero-order valence-corrected chi connectivity index (χ0v) is 18.7. The summed E-state index contributed by atoms with van der Waals surface area (Å²) >= 11 is 7.93. The van der Waals surface area contributed by atoms with Gasteiger partial charge in [0.2, 0.25) is 11.8 Å². The molecule has 11 heteroatoms. The lowest BCUT2D eigenvalue weighted by atomic mass is 9.64. The summed E-state index contributed by atoms with van der Waals surface area (Å²) in [7, 11) is 0. The standard InChI is InChI=1S/C20H22ClN7O2S/c1-11-5-13-8-20(7-11,18-27-25-16(30-18)9-31-2)28(13)19(29)24-12-3-4-15(21)14(6-12)17-22-10-23-26-17/h3-4,6,10-11,13H,5,7-9H2,1-2H3,(H,24,29)(H,22,23,26)/t11-,13?,20?/m1/s1. The highest BCUT2D eigenvalue weighted by Gasteiger charge is 2.62. The van der Waals surface area contributed by atoms with E-state index in [-0.39, 0.29) is 12.1 Å². The number of benzene rings is 1. The van der Waals surface area contributed by atoms with Gasteiger partial charge >= 0.3 is 6.03 Å². The number of rotatable bonds is 5. The van der Waals surface area contributed by atoms with Crippen molar-refractivity contribution in [1.82, 2.24) is 30.3 Å². The fourth-order valence-electron chi connectivity index (χ4n) is 4.88. The number of carbonyl (C=O) groups excluding carboxylic acids is 1. The van der Waals surface area contributed by atoms with Gasteiger partial charge in [-0.2, -0.15) is 16.9 Å². The van der Waals surface area contributed by atoms with Crippen LogP contribution in [0.15, 0.2) is 28.9 Å². The van der Waals surface area contributed by atoms with Crippen LogP contribution in [0.4, 0.5) is 10.5 Å². The molecule has 2 bridgehead atoms. The monoisotopic (exact) mass is 459 g/mol. The molecule has 2 aliphatic rings. The molecular formula is C20H22ClN7O2S. The zero-order valence-electron chi connectivity index (χ0n) is 17.1. The third kappa shape index (κ3) is 3.47. The molecule has 2 aromatic heterocycles. The quantitative estimate of drug-likeness (QED) is 0.584. The lowest BCUT2D eigenvalue weighted by molar-refractivity contribution is -0.110. The van der Waals surface area contributed by atoms with Gasteiger partial charge in [-0.3, -0.25) is 5.10 Å². The van der Waals surface area contributed by atoms with Crippen LogP contribution in [-0.4, -0.2) is 48.6 Å². The summed E-state index contributed by atoms with van der Waals surface area (Å²) in [6.07, 6.45) is 6.02. The van der Waals surface area contributed by atoms with Crippen molar-refractivity contribution in [3.8, 4) is 11.4 Å². The van der Waals surface area contributed by atoms with Gasteiger partial charge in [-0.1, -0.05) is 18.5 Å². The first-order valence-electron chi connectivity index (χ1n) is 10.1. The maximum Gasteiger partial charge on any atom is 0.323 e. The number of nitrogens with zero attached hydrogens (tertiary/aromatic N) is 5. The van der Waals surface area contributed by atoms with Crippen LogP contribution < -0.4 is 5.32 Å². The van der Waals surface area contributed by atoms with Gasteiger partial charge in [0, 0.05) is 23.7 Å². The van der Waals surface area contributed by atoms with E-state index in [1.54, 1.807) is 30.0 Å². The largest absolute Gasteiger partial charge is 0.422 e. The van der Waals surface area contributed by atoms with Crippen LogP contribution in [0.1, 0.15) is 38.0 Å². The van der Waals surface area contributed by atoms with E-state index in [2.05, 4.69) is 37.6 Å². The second-order valence-electron chi connectivity index (χ2n) is 8.20. The Labute approximate surface area is 188 Å². The van der Waals surface area contributed by atoms with E-state index < -0.39 is 5.54 Å². The number of hydrogen-bond acceptors (Lipinski definition) is 7. The second-order valence-corrected chi connectivity index (χ2v) is 9.47. The van der Waals surface area contributed by atoms with Gasteiger partial charge in [-0.15, -0.1) is 10.2 Å². The maximum atomic E-state index is 13.4. The van der Waals surface area contributed by atoms with Crippen LogP contribution in [0.3, 0.4) is 0 Å². The van der Waals surface area contributed by atoms with Crippen LogP contribution in [0.2, 0.25) is 5.02 Å². The molecule has 1 aromatic carbocycles. The molecule has 9 nitrogen and oxygen atoms in total. The van der Waals surface area contributed by atoms with E-state index in [1.807, 2.05) is 11.2 Å². The molecule has 31 heavy (non-hydrogen) atoms. The van der Waals surface area contributed by atoms with E-state index >= 15 is 0 Å². The van der Waals surface area contributed by atoms with Crippen molar-refractivity contribution in [2.45, 2.75) is 43.5 Å². The molecule has 162 valence electrons. The van der Waals surface area contributed by atoms with Gasteiger partial charge in [0.05, 0.1) is 10.8 Å². The highest BCUT2D eigenvalue weighted by atomic mass is 35.5. The van der Waals surface area contributed by atoms with Gasteiger partial charge in [0.25, 0.3) is 0 Å². The Bertz CT molecular complexity index is 1100. The molecule has 0 spiro atoms. The number of halogens is 1. The highest BCUT2D eigenvalue weighted by Crippen LogP contribution is 2.55. The van der Waals surface area contributed by atoms with Gasteiger partial charge < -0.3 is 14.6 Å². The summed E-state index contributed by atoms with van der Waals surface area (Å²) < 4.78 is 5.97. The van der Waals surface area contributed by atoms with Crippen molar-refractivity contribution in [1.29, 1.82) is 0 Å². The summed E-state index contributed by atoms with van der Waals surface area (Å²) in [5.74, 6) is 2.80. The Balaban J connectivity index is 1.41. The van der Waals surface area contributed by atoms with Crippen LogP contribution in [0, 0.1) is 5.92 Å². The van der Waals surface area contributed by atoms with E-state index in [0.717, 1.165) is 19.3 Å². The predicted octanol–water partition coefficient (Wildman–Crippen LogP) is 4.30. The number of urea groups is 1. The summed E-state index contributed by atoms with van der Waals surface area (Å²) in [6.45, 7) is 2.21. The molecule has 3 aromatic rings. The van der Waals surface area contributed by atoms with E-state index in [9.17, 15) is 4.79 Å². The van der Waals surface area contributed by atoms with Crippen LogP contribution in [0.25, 0.3) is 11.4 Å². The summed E-state index contributed by atoms with van der Waals surface area (Å²) in [5, 5.41) is 18.7. The number of anilines is 1. The number of hydrogen-bond donors (Lipinski definition) is 2. The average Bonchev–Trinajstić information content (AvgIpc) is 3.41. The maximum absolute atomic E-state index is 13.4. The lowest BCUT2D eigenvalue weighted by Crippen LogP contribution is -2.70. The van der Waals surface area contributed by atoms with E-state index in [1.165, 1.54) is 6.33 Å². The molecule has 1 aliphatic carbocycles. The number of nitrogens with one attached hydrogen (secondary N) is 2. The fourth-order valence-corrected chi connectivity index (χ4v) is 5.45. The molecule has 2 fully saturated rings. The van der Waals surface area contributed by atoms with Gasteiger partial charge in [0.15, 0.2) is 5.82 Å². The lowest BCUT2D eigenvalue weighted by Gasteiger charge is -2.61. The van der Waals surface area contributed by atoms with E-state index in [4.69, 9.17) is 16.0 Å². The zero-order chi connectivity index (χ0) is 21.6. The minimum atomic E-state index is -0.545. The van der Waals surface area contributed by atoms with Crippen LogP contribution >= 0.6 is 23.4 Å². The normalized spacial score (nSPS) is 24.7. The first-order valence-corrected chi connectivity index (χ1v) is 11.8. The number of fused-ring (bicyclic) bond motifs is 2. The van der Waals surface area contributed by atoms with Crippen molar-refractivity contribution in [3.63, 3.8) is 0 Å². The minimum Gasteiger partial charge on any atom is -0.422 e. The van der Waals surface area contributed by atoms with Gasteiger partial charge in [-0.05, 0) is 43.2 Å². The summed E-state index contributed by atoms with van der Waals surface area (Å²) in [4.78, 5) is 19.4. The molecule has 1 saturated heterocycles. The van der Waals surface area contributed by atoms with Crippen LogP contribution in [-0.2, 0) is 11.3 Å². The van der Waals surface area contributed by atoms with E-state index in [0.29, 0.717) is 45.6 Å². The number of aromatic nitrogens is 5. The number of aromatic amines is 1. The second kappa shape index (κ2) is 7.83. The molecule has 1 aliphatic heterocycles. The summed E-state index contributed by atoms with van der Waals surface area (Å²) in [5.41, 5.74) is 0.751. The van der Waals surface area contributed by atoms with Crippen molar-refractivity contribution in [2.75, 3.05) is 11.6 Å². The third-order valence-corrected chi connectivity index (χ3v) is 6.86. The number of carbonyl (C=O) groups is 1. The van der Waals surface area contributed by atoms with Crippen molar-refractivity contribution < 1.29 is 9.21 Å². The number of H-pyrrole nitrogens is 1. The first-order chi connectivity index (χ1) is 15.0. The average molecular weight is 460 g/mol. The molecule has 5 rings (SSSR count). The van der Waals surface area contributed by atoms with Crippen LogP contribution in [0.5, 0.6) is 0 Å². The van der Waals surface area contributed by atoms with Crippen molar-refractivity contribution >= 4 is 35.1 Å². The Hall–Kier alpha value is -2.59. The Kier molecular flexibility index (Phi) is 5.13. The Morgan fingerprint density at radius 2 is 2.29 bits per heavy atom. The number of thioether (sulfide) groups is 1. The summed E-state index contributed by atoms with van der Waals surface area (Å²) in [6, 6.07) is 5.26. The van der Waals surface area contributed by atoms with Crippen molar-refractivity contribution in [2.24, 2.45) is 5.92 Å². The molecule has 2 unspecified atom stereocenters.